The van der Waals surface area contributed by atoms with Gasteiger partial charge in [0, 0.05) is 0 Å². The first-order chi connectivity index (χ1) is 12.3. The van der Waals surface area contributed by atoms with E-state index in [2.05, 4.69) is 25.1 Å². The Balaban J connectivity index is 1.55. The molecule has 0 heterocycles. The second kappa shape index (κ2) is 6.36. The highest BCUT2D eigenvalue weighted by molar-refractivity contribution is 5.96. The molecule has 0 saturated heterocycles. The molecule has 0 aromatic carbocycles. The molecule has 0 spiro atoms. The molecule has 4 aliphatic rings. The van der Waals surface area contributed by atoms with Gasteiger partial charge in [-0.05, 0) is 86.0 Å². The normalized spacial score (nSPS) is 46.1. The molecule has 0 aliphatic heterocycles. The lowest BCUT2D eigenvalue weighted by Gasteiger charge is -2.57. The summed E-state index contributed by atoms with van der Waals surface area (Å²) in [5.41, 5.74) is 2.72. The highest BCUT2D eigenvalue weighted by Gasteiger charge is 2.58. The second-order valence-electron chi connectivity index (χ2n) is 9.39. The summed E-state index contributed by atoms with van der Waals surface area (Å²) in [7, 11) is 0. The lowest BCUT2D eigenvalue weighted by Crippen LogP contribution is -2.51. The Hall–Kier alpha value is -1.36. The number of fused-ring (bicyclic) bond motifs is 5. The van der Waals surface area contributed by atoms with Gasteiger partial charge in [-0.2, -0.15) is 0 Å². The second-order valence-corrected chi connectivity index (χ2v) is 9.39. The summed E-state index contributed by atoms with van der Waals surface area (Å²) in [5.74, 6) is 1.11. The first-order valence-electron chi connectivity index (χ1n) is 10.1. The summed E-state index contributed by atoms with van der Waals surface area (Å²) in [6, 6.07) is 0. The van der Waals surface area contributed by atoms with E-state index in [4.69, 9.17) is 9.94 Å². The Morgan fingerprint density at radius 3 is 2.77 bits per heavy atom. The summed E-state index contributed by atoms with van der Waals surface area (Å²) in [4.78, 5) is 15.5. The van der Waals surface area contributed by atoms with E-state index < -0.39 is 5.97 Å². The van der Waals surface area contributed by atoms with Crippen LogP contribution in [0.5, 0.6) is 0 Å². The van der Waals surface area contributed by atoms with Crippen LogP contribution in [0, 0.1) is 28.6 Å². The predicted molar refractivity (Wildman–Crippen MR) is 98.7 cm³/mol. The van der Waals surface area contributed by atoms with Gasteiger partial charge in [-0.3, -0.25) is 0 Å². The maximum absolute atomic E-state index is 10.6. The fraction of sp³-hybridized carbons (Fsp3) is 0.810. The van der Waals surface area contributed by atoms with Gasteiger partial charge in [0.25, 0.3) is 0 Å². The van der Waals surface area contributed by atoms with Gasteiger partial charge in [0.15, 0.2) is 0 Å². The fourth-order valence-corrected chi connectivity index (χ4v) is 6.79. The molecule has 4 aliphatic carbocycles. The Morgan fingerprint density at radius 2 is 2.00 bits per heavy atom. The van der Waals surface area contributed by atoms with Crippen molar-refractivity contribution >= 4 is 11.7 Å². The first-order valence-corrected chi connectivity index (χ1v) is 10.1. The molecular weight excluding hydrogens is 330 g/mol. The molecule has 4 rings (SSSR count). The van der Waals surface area contributed by atoms with Gasteiger partial charge in [-0.1, -0.05) is 24.6 Å². The highest BCUT2D eigenvalue weighted by Crippen LogP contribution is 2.65. The van der Waals surface area contributed by atoms with Crippen LogP contribution in [0.2, 0.25) is 0 Å². The molecule has 4 unspecified atom stereocenters. The largest absolute Gasteiger partial charge is 0.479 e. The standard InChI is InChI=1S/C21H31NO4/c1-20-9-7-14(22-26-12-19(24)25)11-13(20)3-4-15-16-5-6-18(23)21(16,2)10-8-17(15)20/h11,15-18,23H,3-10,12H2,1-2H3,(H,24,25)/b22-14-/t15?,16?,17?,18?,20-,21-/m0/s1. The Labute approximate surface area is 155 Å². The number of nitrogens with zero attached hydrogens (tertiary/aromatic N) is 1. The van der Waals surface area contributed by atoms with Crippen molar-refractivity contribution in [1.29, 1.82) is 0 Å². The van der Waals surface area contributed by atoms with Crippen LogP contribution in [0.15, 0.2) is 16.8 Å². The Kier molecular flexibility index (Phi) is 4.41. The van der Waals surface area contributed by atoms with Crippen LogP contribution in [0.25, 0.3) is 0 Å². The summed E-state index contributed by atoms with van der Waals surface area (Å²) in [5, 5.41) is 23.3. The summed E-state index contributed by atoms with van der Waals surface area (Å²) < 4.78 is 0. The van der Waals surface area contributed by atoms with Gasteiger partial charge in [0.05, 0.1) is 11.8 Å². The SMILES string of the molecule is C[C@]12CCC3C(CCC4=C/C(=N\OCC(=O)O)CC[C@@]43C)C1CCC2O. The lowest BCUT2D eigenvalue weighted by molar-refractivity contribution is -0.142. The van der Waals surface area contributed by atoms with E-state index in [0.717, 1.165) is 43.7 Å². The number of hydrogen-bond acceptors (Lipinski definition) is 4. The van der Waals surface area contributed by atoms with E-state index in [9.17, 15) is 9.90 Å². The van der Waals surface area contributed by atoms with Crippen molar-refractivity contribution in [2.24, 2.45) is 33.7 Å². The van der Waals surface area contributed by atoms with Gasteiger partial charge in [-0.25, -0.2) is 4.79 Å². The first kappa shape index (κ1) is 18.0. The van der Waals surface area contributed by atoms with Gasteiger partial charge in [0.1, 0.15) is 0 Å². The van der Waals surface area contributed by atoms with Crippen molar-refractivity contribution in [3.63, 3.8) is 0 Å². The average molecular weight is 361 g/mol. The number of aliphatic hydroxyl groups excluding tert-OH is 1. The van der Waals surface area contributed by atoms with Gasteiger partial charge < -0.3 is 15.1 Å². The van der Waals surface area contributed by atoms with Crippen molar-refractivity contribution in [2.45, 2.75) is 71.3 Å². The molecule has 144 valence electrons. The van der Waals surface area contributed by atoms with Crippen LogP contribution >= 0.6 is 0 Å². The number of aliphatic carboxylic acids is 1. The molecule has 0 bridgehead atoms. The molecular formula is C21H31NO4. The molecule has 2 N–H and O–H groups in total. The number of aliphatic hydroxyl groups is 1. The van der Waals surface area contributed by atoms with Crippen LogP contribution < -0.4 is 0 Å². The molecule has 0 aromatic rings. The zero-order valence-corrected chi connectivity index (χ0v) is 15.9. The number of carbonyl (C=O) groups is 1. The van der Waals surface area contributed by atoms with E-state index >= 15 is 0 Å². The third-order valence-corrected chi connectivity index (χ3v) is 8.30. The van der Waals surface area contributed by atoms with Gasteiger partial charge in [-0.15, -0.1) is 0 Å². The number of rotatable bonds is 3. The maximum Gasteiger partial charge on any atom is 0.344 e. The molecule has 6 atom stereocenters. The third kappa shape index (κ3) is 2.70. The number of carboxylic acids is 1. The minimum atomic E-state index is -0.993. The van der Waals surface area contributed by atoms with E-state index in [-0.39, 0.29) is 23.5 Å². The van der Waals surface area contributed by atoms with Crippen LogP contribution in [0.4, 0.5) is 0 Å². The van der Waals surface area contributed by atoms with E-state index in [1.165, 1.54) is 24.8 Å². The minimum absolute atomic E-state index is 0.116. The molecule has 0 amide bonds. The van der Waals surface area contributed by atoms with Crippen LogP contribution in [0.1, 0.15) is 65.2 Å². The summed E-state index contributed by atoms with van der Waals surface area (Å²) >= 11 is 0. The molecule has 26 heavy (non-hydrogen) atoms. The number of allylic oxidation sites excluding steroid dienone is 2. The smallest absolute Gasteiger partial charge is 0.344 e. The topological polar surface area (TPSA) is 79.1 Å². The number of oxime groups is 1. The van der Waals surface area contributed by atoms with Crippen molar-refractivity contribution in [3.05, 3.63) is 11.6 Å². The quantitative estimate of drug-likeness (QED) is 0.750. The minimum Gasteiger partial charge on any atom is -0.479 e. The zero-order chi connectivity index (χ0) is 18.5. The molecule has 3 saturated carbocycles. The van der Waals surface area contributed by atoms with Crippen LogP contribution in [-0.4, -0.2) is 34.6 Å². The molecule has 5 heteroatoms. The highest BCUT2D eigenvalue weighted by atomic mass is 16.6. The van der Waals surface area contributed by atoms with Crippen molar-refractivity contribution in [2.75, 3.05) is 6.61 Å². The lowest BCUT2D eigenvalue weighted by atomic mass is 9.47. The van der Waals surface area contributed by atoms with Crippen LogP contribution in [-0.2, 0) is 9.63 Å². The fourth-order valence-electron chi connectivity index (χ4n) is 6.79. The zero-order valence-electron chi connectivity index (χ0n) is 15.9. The maximum atomic E-state index is 10.6. The summed E-state index contributed by atoms with van der Waals surface area (Å²) in [6.07, 6.45) is 10.8. The van der Waals surface area contributed by atoms with Crippen molar-refractivity contribution in [1.82, 2.24) is 0 Å². The monoisotopic (exact) mass is 361 g/mol. The van der Waals surface area contributed by atoms with Crippen molar-refractivity contribution in [3.8, 4) is 0 Å². The predicted octanol–water partition coefficient (Wildman–Crippen LogP) is 3.77. The summed E-state index contributed by atoms with van der Waals surface area (Å²) in [6.45, 7) is 4.38. The van der Waals surface area contributed by atoms with Crippen LogP contribution in [0.3, 0.4) is 0 Å². The van der Waals surface area contributed by atoms with E-state index in [1.807, 2.05) is 0 Å². The Morgan fingerprint density at radius 1 is 1.19 bits per heavy atom. The number of hydrogen-bond donors (Lipinski definition) is 2. The molecule has 5 nitrogen and oxygen atoms in total. The van der Waals surface area contributed by atoms with Gasteiger partial charge >= 0.3 is 5.97 Å². The average Bonchev–Trinajstić information content (AvgIpc) is 2.90. The third-order valence-electron chi connectivity index (χ3n) is 8.30. The van der Waals surface area contributed by atoms with Gasteiger partial charge in [0.2, 0.25) is 6.61 Å². The van der Waals surface area contributed by atoms with Crippen molar-refractivity contribution < 1.29 is 19.8 Å². The molecule has 0 radical (unpaired) electrons. The van der Waals surface area contributed by atoms with E-state index in [0.29, 0.717) is 11.8 Å². The number of carboxylic acid groups (broad SMARTS) is 1. The Bertz CT molecular complexity index is 656. The molecule has 3 fully saturated rings. The van der Waals surface area contributed by atoms with E-state index in [1.54, 1.807) is 0 Å². The molecule has 0 aromatic heterocycles.